The molecule has 6 nitrogen and oxygen atoms in total. The number of likely N-dealkylation sites (tertiary alicyclic amines) is 1. The number of aryl methyl sites for hydroxylation is 2. The second-order valence-corrected chi connectivity index (χ2v) is 9.46. The van der Waals surface area contributed by atoms with E-state index in [1.165, 1.54) is 0 Å². The largest absolute Gasteiger partial charge is 0.376 e. The summed E-state index contributed by atoms with van der Waals surface area (Å²) in [6.45, 7) is 6.25. The highest BCUT2D eigenvalue weighted by atomic mass is 35.5. The van der Waals surface area contributed by atoms with Crippen LogP contribution in [0.15, 0.2) is 16.9 Å². The van der Waals surface area contributed by atoms with E-state index in [1.807, 2.05) is 26.0 Å². The number of ether oxygens (including phenoxy) is 1. The lowest BCUT2D eigenvalue weighted by atomic mass is 9.86. The summed E-state index contributed by atoms with van der Waals surface area (Å²) in [5.74, 6) is 0.0973. The molecule has 2 aromatic rings. The first-order valence-corrected chi connectivity index (χ1v) is 11.2. The number of amides is 1. The van der Waals surface area contributed by atoms with Crippen molar-refractivity contribution < 1.29 is 9.53 Å². The third-order valence-electron chi connectivity index (χ3n) is 6.40. The highest BCUT2D eigenvalue weighted by molar-refractivity contribution is 6.37. The van der Waals surface area contributed by atoms with E-state index in [0.29, 0.717) is 40.1 Å². The van der Waals surface area contributed by atoms with Crippen molar-refractivity contribution in [1.82, 2.24) is 14.8 Å². The Morgan fingerprint density at radius 3 is 2.55 bits per heavy atom. The molecule has 0 radical (unpaired) electrons. The van der Waals surface area contributed by atoms with Gasteiger partial charge < -0.3 is 19.5 Å². The van der Waals surface area contributed by atoms with Crippen LogP contribution in [0, 0.1) is 19.8 Å². The minimum Gasteiger partial charge on any atom is -0.376 e. The third kappa shape index (κ3) is 4.02. The first-order chi connectivity index (χ1) is 14.7. The normalized spacial score (nSPS) is 18.1. The van der Waals surface area contributed by atoms with E-state index >= 15 is 0 Å². The van der Waals surface area contributed by atoms with Crippen LogP contribution < -0.4 is 5.56 Å². The van der Waals surface area contributed by atoms with Gasteiger partial charge in [-0.25, -0.2) is 0 Å². The van der Waals surface area contributed by atoms with Gasteiger partial charge in [-0.05, 0) is 50.6 Å². The van der Waals surface area contributed by atoms with Crippen LogP contribution in [0.3, 0.4) is 0 Å². The van der Waals surface area contributed by atoms with Crippen LogP contribution in [0.1, 0.15) is 44.4 Å². The molecule has 0 bridgehead atoms. The molecule has 1 fully saturated rings. The predicted octanol–water partition coefficient (Wildman–Crippen LogP) is 3.75. The summed E-state index contributed by atoms with van der Waals surface area (Å²) in [5, 5.41) is 0.950. The van der Waals surface area contributed by atoms with Gasteiger partial charge in [0, 0.05) is 54.5 Å². The van der Waals surface area contributed by atoms with Gasteiger partial charge in [0.2, 0.25) is 0 Å². The number of methoxy groups -OCH3 is 1. The number of rotatable bonds is 5. The monoisotopic (exact) mass is 463 g/mol. The number of aromatic nitrogens is 1. The van der Waals surface area contributed by atoms with Crippen LogP contribution in [0.5, 0.6) is 0 Å². The van der Waals surface area contributed by atoms with Gasteiger partial charge in [0.25, 0.3) is 11.5 Å². The fourth-order valence-corrected chi connectivity index (χ4v) is 5.46. The van der Waals surface area contributed by atoms with Crippen LogP contribution >= 0.6 is 23.2 Å². The molecule has 31 heavy (non-hydrogen) atoms. The van der Waals surface area contributed by atoms with Gasteiger partial charge in [-0.2, -0.15) is 0 Å². The summed E-state index contributed by atoms with van der Waals surface area (Å²) in [5.41, 5.74) is 4.05. The number of hydrogen-bond acceptors (Lipinski definition) is 4. The van der Waals surface area contributed by atoms with Crippen molar-refractivity contribution in [2.75, 3.05) is 33.8 Å². The number of fused-ring (bicyclic) bond motifs is 1. The fraction of sp³-hybridized carbons (Fsp3) is 0.478. The predicted molar refractivity (Wildman–Crippen MR) is 122 cm³/mol. The molecule has 2 aliphatic rings. The Bertz CT molecular complexity index is 1090. The minimum atomic E-state index is -0.225. The van der Waals surface area contributed by atoms with Gasteiger partial charge in [-0.1, -0.05) is 23.2 Å². The Labute approximate surface area is 192 Å². The van der Waals surface area contributed by atoms with Crippen LogP contribution in [0.4, 0.5) is 0 Å². The zero-order chi connectivity index (χ0) is 22.4. The molecule has 4 rings (SSSR count). The van der Waals surface area contributed by atoms with E-state index < -0.39 is 0 Å². The lowest BCUT2D eigenvalue weighted by Gasteiger charge is -2.41. The molecule has 1 N–H and O–H groups in total. The number of nitrogens with zero attached hydrogens (tertiary/aromatic N) is 2. The van der Waals surface area contributed by atoms with Gasteiger partial charge in [0.1, 0.15) is 0 Å². The van der Waals surface area contributed by atoms with Crippen molar-refractivity contribution in [3.05, 3.63) is 66.0 Å². The maximum atomic E-state index is 13.5. The molecular formula is C23H27Cl2N3O3. The number of benzene rings is 1. The summed E-state index contributed by atoms with van der Waals surface area (Å²) in [4.78, 5) is 32.7. The van der Waals surface area contributed by atoms with E-state index in [2.05, 4.69) is 16.9 Å². The summed E-state index contributed by atoms with van der Waals surface area (Å²) < 4.78 is 5.78. The first kappa shape index (κ1) is 22.3. The average molecular weight is 464 g/mol. The Hall–Kier alpha value is -1.86. The summed E-state index contributed by atoms with van der Waals surface area (Å²) in [6.07, 6.45) is 0.365. The molecular weight excluding hydrogens is 437 g/mol. The summed E-state index contributed by atoms with van der Waals surface area (Å²) in [7, 11) is 3.72. The van der Waals surface area contributed by atoms with E-state index in [-0.39, 0.29) is 24.1 Å². The number of carbonyl (C=O) groups is 1. The van der Waals surface area contributed by atoms with Crippen molar-refractivity contribution in [3.63, 3.8) is 0 Å². The molecule has 1 saturated heterocycles. The number of nitrogens with one attached hydrogen (secondary N) is 1. The zero-order valence-electron chi connectivity index (χ0n) is 18.2. The molecule has 1 aromatic carbocycles. The van der Waals surface area contributed by atoms with Crippen molar-refractivity contribution in [3.8, 4) is 0 Å². The molecule has 1 aromatic heterocycles. The number of H-pyrrole nitrogens is 1. The molecule has 166 valence electrons. The van der Waals surface area contributed by atoms with E-state index in [9.17, 15) is 9.59 Å². The minimum absolute atomic E-state index is 0.164. The molecule has 1 amide bonds. The fourth-order valence-electron chi connectivity index (χ4n) is 4.80. The highest BCUT2D eigenvalue weighted by Gasteiger charge is 2.37. The molecule has 2 aliphatic heterocycles. The standard InChI is InChI=1S/C23H27Cl2N3O3/c1-12-7-13(2)26-22(29)17(12)11-28-6-5-15-18(24)8-16(20(25)19(15)23(28)30)21(31-4)14-9-27(3)10-14/h7-8,14,21H,5-6,9-11H2,1-4H3,(H,26,29). The van der Waals surface area contributed by atoms with E-state index in [1.54, 1.807) is 12.0 Å². The van der Waals surface area contributed by atoms with Gasteiger partial charge >= 0.3 is 0 Å². The van der Waals surface area contributed by atoms with Crippen molar-refractivity contribution in [1.29, 1.82) is 0 Å². The summed E-state index contributed by atoms with van der Waals surface area (Å²) in [6, 6.07) is 3.77. The average Bonchev–Trinajstić information content (AvgIpc) is 2.68. The molecule has 3 heterocycles. The highest BCUT2D eigenvalue weighted by Crippen LogP contribution is 2.42. The number of aromatic amines is 1. The lowest BCUT2D eigenvalue weighted by molar-refractivity contribution is -0.0197. The van der Waals surface area contributed by atoms with Crippen LogP contribution in [-0.4, -0.2) is 54.5 Å². The van der Waals surface area contributed by atoms with Crippen molar-refractivity contribution >= 4 is 29.1 Å². The maximum Gasteiger partial charge on any atom is 0.256 e. The first-order valence-electron chi connectivity index (χ1n) is 10.4. The molecule has 1 atom stereocenters. The van der Waals surface area contributed by atoms with Crippen LogP contribution in [0.2, 0.25) is 10.0 Å². The molecule has 8 heteroatoms. The van der Waals surface area contributed by atoms with E-state index in [4.69, 9.17) is 27.9 Å². The smallest absolute Gasteiger partial charge is 0.256 e. The number of halogens is 2. The van der Waals surface area contributed by atoms with E-state index in [0.717, 1.165) is 35.5 Å². The quantitative estimate of drug-likeness (QED) is 0.732. The summed E-state index contributed by atoms with van der Waals surface area (Å²) >= 11 is 13.4. The molecule has 0 aliphatic carbocycles. The van der Waals surface area contributed by atoms with Crippen LogP contribution in [0.25, 0.3) is 0 Å². The Morgan fingerprint density at radius 1 is 1.23 bits per heavy atom. The van der Waals surface area contributed by atoms with Gasteiger partial charge in [-0.15, -0.1) is 0 Å². The lowest BCUT2D eigenvalue weighted by Crippen LogP contribution is -2.47. The zero-order valence-corrected chi connectivity index (χ0v) is 19.7. The van der Waals surface area contributed by atoms with Crippen molar-refractivity contribution in [2.45, 2.75) is 32.9 Å². The number of hydrogen-bond donors (Lipinski definition) is 1. The SMILES string of the molecule is COC(c1cc(Cl)c2c(c1Cl)C(=O)N(Cc1c(C)cc(C)[nH]c1=O)CC2)C1CN(C)C1. The molecule has 0 spiro atoms. The third-order valence-corrected chi connectivity index (χ3v) is 7.15. The van der Waals surface area contributed by atoms with Crippen LogP contribution in [-0.2, 0) is 17.7 Å². The van der Waals surface area contributed by atoms with Crippen molar-refractivity contribution in [2.24, 2.45) is 5.92 Å². The Balaban J connectivity index is 1.69. The van der Waals surface area contributed by atoms with Gasteiger partial charge in [0.05, 0.1) is 23.2 Å². The second kappa shape index (κ2) is 8.58. The topological polar surface area (TPSA) is 65.6 Å². The number of carbonyl (C=O) groups excluding carboxylic acids is 1. The maximum absolute atomic E-state index is 13.5. The Kier molecular flexibility index (Phi) is 6.19. The second-order valence-electron chi connectivity index (χ2n) is 8.67. The van der Waals surface area contributed by atoms with Gasteiger partial charge in [-0.3, -0.25) is 9.59 Å². The van der Waals surface area contributed by atoms with Gasteiger partial charge in [0.15, 0.2) is 0 Å². The Morgan fingerprint density at radius 2 is 1.94 bits per heavy atom. The molecule has 0 saturated carbocycles. The molecule has 1 unspecified atom stereocenters. The number of pyridine rings is 1.